The molecule has 7 nitrogen and oxygen atoms in total. The van der Waals surface area contributed by atoms with E-state index in [1.807, 2.05) is 13.8 Å². The summed E-state index contributed by atoms with van der Waals surface area (Å²) in [6, 6.07) is -1.27. The van der Waals surface area contributed by atoms with Gasteiger partial charge in [0.15, 0.2) is 0 Å². The first-order valence-electron chi connectivity index (χ1n) is 9.05. The molecule has 1 unspecified atom stereocenters. The molecule has 0 aromatic heterocycles. The number of amides is 3. The standard InChI is InChI=1S/C17H31N3O4/c1-3-5-12-18-16(24)20-17(10-7-6-8-11-17)15(23)19-13(9-4-2)14(21)22/h13H,3-12H2,1-2H3,(H,19,23)(H,21,22)(H2,18,20,24). The van der Waals surface area contributed by atoms with Crippen molar-refractivity contribution in [2.75, 3.05) is 6.54 Å². The zero-order valence-corrected chi connectivity index (χ0v) is 14.8. The Hall–Kier alpha value is -1.79. The van der Waals surface area contributed by atoms with E-state index in [1.54, 1.807) is 0 Å². The summed E-state index contributed by atoms with van der Waals surface area (Å²) < 4.78 is 0. The van der Waals surface area contributed by atoms with Gasteiger partial charge in [-0.3, -0.25) is 4.79 Å². The maximum absolute atomic E-state index is 12.8. The average molecular weight is 341 g/mol. The summed E-state index contributed by atoms with van der Waals surface area (Å²) in [4.78, 5) is 36.2. The van der Waals surface area contributed by atoms with E-state index < -0.39 is 17.6 Å². The number of carbonyl (C=O) groups excluding carboxylic acids is 2. The van der Waals surface area contributed by atoms with Crippen LogP contribution in [0.3, 0.4) is 0 Å². The highest BCUT2D eigenvalue weighted by Crippen LogP contribution is 2.28. The number of hydrogen-bond donors (Lipinski definition) is 4. The number of hydrogen-bond acceptors (Lipinski definition) is 3. The number of carboxylic acid groups (broad SMARTS) is 1. The van der Waals surface area contributed by atoms with E-state index in [-0.39, 0.29) is 11.9 Å². The molecule has 0 bridgehead atoms. The van der Waals surface area contributed by atoms with Crippen LogP contribution in [0.5, 0.6) is 0 Å². The summed E-state index contributed by atoms with van der Waals surface area (Å²) in [6.45, 7) is 4.47. The Morgan fingerprint density at radius 2 is 1.75 bits per heavy atom. The second-order valence-corrected chi connectivity index (χ2v) is 6.53. The zero-order chi connectivity index (χ0) is 18.0. The molecule has 24 heavy (non-hydrogen) atoms. The molecule has 0 aromatic carbocycles. The Morgan fingerprint density at radius 3 is 2.29 bits per heavy atom. The number of nitrogens with one attached hydrogen (secondary N) is 3. The molecule has 138 valence electrons. The van der Waals surface area contributed by atoms with E-state index in [9.17, 15) is 19.5 Å². The second-order valence-electron chi connectivity index (χ2n) is 6.53. The van der Waals surface area contributed by atoms with Crippen LogP contribution >= 0.6 is 0 Å². The van der Waals surface area contributed by atoms with Crippen molar-refractivity contribution >= 4 is 17.9 Å². The Kier molecular flexibility index (Phi) is 8.57. The first-order chi connectivity index (χ1) is 11.4. The molecule has 0 spiro atoms. The molecule has 1 aliphatic carbocycles. The predicted molar refractivity (Wildman–Crippen MR) is 91.7 cm³/mol. The minimum absolute atomic E-state index is 0.358. The van der Waals surface area contributed by atoms with Crippen molar-refractivity contribution < 1.29 is 19.5 Å². The fourth-order valence-corrected chi connectivity index (χ4v) is 3.05. The molecule has 7 heteroatoms. The lowest BCUT2D eigenvalue weighted by molar-refractivity contribution is -0.143. The van der Waals surface area contributed by atoms with Crippen molar-refractivity contribution in [2.45, 2.75) is 83.2 Å². The van der Waals surface area contributed by atoms with E-state index in [4.69, 9.17) is 0 Å². The van der Waals surface area contributed by atoms with Gasteiger partial charge in [0.2, 0.25) is 5.91 Å². The van der Waals surface area contributed by atoms with Gasteiger partial charge >= 0.3 is 12.0 Å². The van der Waals surface area contributed by atoms with Crippen LogP contribution in [0.25, 0.3) is 0 Å². The monoisotopic (exact) mass is 341 g/mol. The van der Waals surface area contributed by atoms with Gasteiger partial charge in [0.25, 0.3) is 0 Å². The van der Waals surface area contributed by atoms with Gasteiger partial charge in [0, 0.05) is 6.54 Å². The first-order valence-corrected chi connectivity index (χ1v) is 9.05. The molecule has 0 saturated heterocycles. The minimum atomic E-state index is -1.04. The lowest BCUT2D eigenvalue weighted by Crippen LogP contribution is -2.63. The highest BCUT2D eigenvalue weighted by atomic mass is 16.4. The summed E-state index contributed by atoms with van der Waals surface area (Å²) >= 11 is 0. The molecule has 1 aliphatic rings. The maximum Gasteiger partial charge on any atom is 0.326 e. The van der Waals surface area contributed by atoms with Gasteiger partial charge in [-0.2, -0.15) is 0 Å². The van der Waals surface area contributed by atoms with Gasteiger partial charge < -0.3 is 21.1 Å². The molecule has 4 N–H and O–H groups in total. The van der Waals surface area contributed by atoms with Crippen molar-refractivity contribution in [3.8, 4) is 0 Å². The summed E-state index contributed by atoms with van der Waals surface area (Å²) in [7, 11) is 0. The molecule has 0 heterocycles. The lowest BCUT2D eigenvalue weighted by Gasteiger charge is -2.37. The zero-order valence-electron chi connectivity index (χ0n) is 14.8. The fourth-order valence-electron chi connectivity index (χ4n) is 3.05. The van der Waals surface area contributed by atoms with E-state index in [0.29, 0.717) is 32.2 Å². The second kappa shape index (κ2) is 10.2. The van der Waals surface area contributed by atoms with Crippen LogP contribution in [-0.4, -0.2) is 41.1 Å². The van der Waals surface area contributed by atoms with Crippen molar-refractivity contribution in [3.63, 3.8) is 0 Å². The lowest BCUT2D eigenvalue weighted by atomic mass is 9.80. The molecule has 0 aliphatic heterocycles. The van der Waals surface area contributed by atoms with E-state index >= 15 is 0 Å². The molecule has 3 amide bonds. The number of urea groups is 1. The van der Waals surface area contributed by atoms with Crippen LogP contribution in [0, 0.1) is 0 Å². The largest absolute Gasteiger partial charge is 0.480 e. The van der Waals surface area contributed by atoms with E-state index in [1.165, 1.54) is 0 Å². The van der Waals surface area contributed by atoms with Crippen LogP contribution in [-0.2, 0) is 9.59 Å². The third-order valence-corrected chi connectivity index (χ3v) is 4.49. The normalized spacial score (nSPS) is 17.6. The summed E-state index contributed by atoms with van der Waals surface area (Å²) in [5, 5.41) is 17.5. The van der Waals surface area contributed by atoms with Crippen molar-refractivity contribution in [1.29, 1.82) is 0 Å². The predicted octanol–water partition coefficient (Wildman–Crippen LogP) is 2.16. The summed E-state index contributed by atoms with van der Waals surface area (Å²) in [5.41, 5.74) is -1.00. The van der Waals surface area contributed by atoms with E-state index in [0.717, 1.165) is 32.1 Å². The summed E-state index contributed by atoms with van der Waals surface area (Å²) in [5.74, 6) is -1.42. The van der Waals surface area contributed by atoms with E-state index in [2.05, 4.69) is 16.0 Å². The molecule has 0 radical (unpaired) electrons. The van der Waals surface area contributed by atoms with Crippen LogP contribution in [0.1, 0.15) is 71.6 Å². The highest BCUT2D eigenvalue weighted by Gasteiger charge is 2.42. The Morgan fingerprint density at radius 1 is 1.08 bits per heavy atom. The first kappa shape index (κ1) is 20.3. The molecule has 1 rings (SSSR count). The number of carboxylic acids is 1. The van der Waals surface area contributed by atoms with Gasteiger partial charge in [-0.25, -0.2) is 9.59 Å². The molecular formula is C17H31N3O4. The van der Waals surface area contributed by atoms with Crippen molar-refractivity contribution in [3.05, 3.63) is 0 Å². The van der Waals surface area contributed by atoms with Crippen molar-refractivity contribution in [2.24, 2.45) is 0 Å². The van der Waals surface area contributed by atoms with Gasteiger partial charge in [-0.05, 0) is 25.7 Å². The number of aliphatic carboxylic acids is 1. The summed E-state index contributed by atoms with van der Waals surface area (Å²) in [6.07, 6.45) is 6.67. The van der Waals surface area contributed by atoms with Crippen LogP contribution in [0.2, 0.25) is 0 Å². The molecular weight excluding hydrogens is 310 g/mol. The van der Waals surface area contributed by atoms with Gasteiger partial charge in [0.05, 0.1) is 0 Å². The number of unbranched alkanes of at least 4 members (excludes halogenated alkanes) is 1. The van der Waals surface area contributed by atoms with Crippen molar-refractivity contribution in [1.82, 2.24) is 16.0 Å². The Bertz CT molecular complexity index is 434. The number of carbonyl (C=O) groups is 3. The molecule has 0 aromatic rings. The maximum atomic E-state index is 12.8. The molecule has 1 atom stereocenters. The fraction of sp³-hybridized carbons (Fsp3) is 0.824. The highest BCUT2D eigenvalue weighted by molar-refractivity contribution is 5.93. The van der Waals surface area contributed by atoms with Gasteiger partial charge in [-0.1, -0.05) is 46.0 Å². The Balaban J connectivity index is 2.76. The van der Waals surface area contributed by atoms with Crippen LogP contribution in [0.15, 0.2) is 0 Å². The Labute approximate surface area is 144 Å². The van der Waals surface area contributed by atoms with Gasteiger partial charge in [0.1, 0.15) is 11.6 Å². The topological polar surface area (TPSA) is 108 Å². The third kappa shape index (κ3) is 6.02. The van der Waals surface area contributed by atoms with Crippen LogP contribution < -0.4 is 16.0 Å². The average Bonchev–Trinajstić information content (AvgIpc) is 2.55. The molecule has 1 saturated carbocycles. The van der Waals surface area contributed by atoms with Gasteiger partial charge in [-0.15, -0.1) is 0 Å². The SMILES string of the molecule is CCCCNC(=O)NC1(C(=O)NC(CCC)C(=O)O)CCCCC1. The third-order valence-electron chi connectivity index (χ3n) is 4.49. The molecule has 1 fully saturated rings. The van der Waals surface area contributed by atoms with Crippen LogP contribution in [0.4, 0.5) is 4.79 Å². The number of rotatable bonds is 9. The smallest absolute Gasteiger partial charge is 0.326 e. The quantitative estimate of drug-likeness (QED) is 0.482. The minimum Gasteiger partial charge on any atom is -0.480 e.